The van der Waals surface area contributed by atoms with E-state index in [2.05, 4.69) is 37.3 Å². The van der Waals surface area contributed by atoms with E-state index in [1.165, 1.54) is 29.8 Å². The van der Waals surface area contributed by atoms with Crippen molar-refractivity contribution in [2.24, 2.45) is 18.9 Å². The number of fused-ring (bicyclic) bond motifs is 1. The number of aliphatic hydroxyl groups is 1. The first-order valence-corrected chi connectivity index (χ1v) is 15.2. The minimum Gasteiger partial charge on any atom is -0.483 e. The van der Waals surface area contributed by atoms with E-state index in [0.717, 1.165) is 17.1 Å². The second kappa shape index (κ2) is 14.2. The number of likely N-dealkylation sites (tertiary alicyclic amines) is 1. The van der Waals surface area contributed by atoms with E-state index < -0.39 is 29.8 Å². The molecule has 15 nitrogen and oxygen atoms in total. The highest BCUT2D eigenvalue weighted by atomic mass is 35.5. The Morgan fingerprint density at radius 3 is 2.47 bits per heavy atom. The Labute approximate surface area is 281 Å². The van der Waals surface area contributed by atoms with Crippen molar-refractivity contribution >= 4 is 41.6 Å². The number of carbonyl (C=O) groups excluding carboxylic acids is 3. The lowest BCUT2D eigenvalue weighted by molar-refractivity contribution is -0.141. The number of β-amino-alcohol motifs (C(OH)–C–C–N with tert-alkyl or cyclic N) is 1. The zero-order valence-electron chi connectivity index (χ0n) is 25.7. The standard InChI is InChI=1S/C29H29ClF3N9O4.CH2O2/c1-3-6-42-13-18(24(39-42)29(31,32)33)21-9-35-25(40(21)2)27(45)36-14-4-5-15(19(30)7-14)26(44)38-23-16-11-41(12-17(16)23)28(46)37-20-8-34-10-22(20)43;2-1-3/h1,4-5,7,9,13,16-17,20,22-23,34,43H,6,8,10-12H2,2H3,(H,36,45)(H,37,46)(H,38,44);1H,(H,2,3)/t16-,17+,20-,22-,23+;/m1./s1. The number of imidazole rings is 1. The number of aromatic nitrogens is 4. The summed E-state index contributed by atoms with van der Waals surface area (Å²) in [5.41, 5.74) is -1.02. The van der Waals surface area contributed by atoms with E-state index >= 15 is 0 Å². The van der Waals surface area contributed by atoms with Gasteiger partial charge < -0.3 is 40.9 Å². The molecule has 0 unspecified atom stereocenters. The minimum absolute atomic E-state index is 0.00398. The van der Waals surface area contributed by atoms with Gasteiger partial charge in [0, 0.05) is 63.0 Å². The molecule has 3 aromatic rings. The average molecular weight is 706 g/mol. The second-order valence-corrected chi connectivity index (χ2v) is 12.0. The Kier molecular flexibility index (Phi) is 10.2. The Hall–Kier alpha value is -5.12. The van der Waals surface area contributed by atoms with Gasteiger partial charge in [-0.3, -0.25) is 19.1 Å². The monoisotopic (exact) mass is 705 g/mol. The number of carbonyl (C=O) groups is 4. The third-order valence-corrected chi connectivity index (χ3v) is 8.81. The number of amides is 4. The molecule has 1 aliphatic carbocycles. The lowest BCUT2D eigenvalue weighted by atomic mass is 10.2. The number of carboxylic acid groups (broad SMARTS) is 1. The van der Waals surface area contributed by atoms with Crippen LogP contribution in [0.25, 0.3) is 11.3 Å². The summed E-state index contributed by atoms with van der Waals surface area (Å²) in [6, 6.07) is 3.62. The first-order valence-electron chi connectivity index (χ1n) is 14.8. The molecule has 19 heteroatoms. The van der Waals surface area contributed by atoms with Crippen LogP contribution in [0.5, 0.6) is 0 Å². The van der Waals surface area contributed by atoms with Crippen LogP contribution in [-0.4, -0.2) is 103 Å². The van der Waals surface area contributed by atoms with E-state index in [1.54, 1.807) is 4.90 Å². The number of halogens is 4. The number of hydrogen-bond acceptors (Lipinski definition) is 8. The predicted molar refractivity (Wildman–Crippen MR) is 167 cm³/mol. The Morgan fingerprint density at radius 1 is 1.18 bits per heavy atom. The van der Waals surface area contributed by atoms with Crippen LogP contribution < -0.4 is 21.3 Å². The normalized spacial score (nSPS) is 22.3. The summed E-state index contributed by atoms with van der Waals surface area (Å²) < 4.78 is 43.1. The quantitative estimate of drug-likeness (QED) is 0.155. The van der Waals surface area contributed by atoms with E-state index in [9.17, 15) is 32.7 Å². The summed E-state index contributed by atoms with van der Waals surface area (Å²) >= 11 is 6.39. The SMILES string of the molecule is C#CCn1cc(-c2cnc(C(=O)Nc3ccc(C(=O)N[C@H]4[C@@H]5CN(C(=O)N[C@@H]6CNC[C@H]6O)C[C@@H]54)c(Cl)c3)n2C)c(C(F)(F)F)n1.O=CO. The smallest absolute Gasteiger partial charge is 0.435 e. The maximum atomic E-state index is 13.6. The minimum atomic E-state index is -4.76. The molecule has 4 amide bonds. The molecule has 260 valence electrons. The molecule has 2 saturated heterocycles. The van der Waals surface area contributed by atoms with Gasteiger partial charge in [0.05, 0.1) is 40.2 Å². The van der Waals surface area contributed by atoms with Crippen LogP contribution in [0.15, 0.2) is 30.6 Å². The molecule has 0 bridgehead atoms. The fourth-order valence-electron chi connectivity index (χ4n) is 6.03. The van der Waals surface area contributed by atoms with E-state index in [-0.39, 0.29) is 76.3 Å². The van der Waals surface area contributed by atoms with Gasteiger partial charge in [-0.15, -0.1) is 6.42 Å². The Bertz CT molecular complexity index is 1790. The van der Waals surface area contributed by atoms with Gasteiger partial charge in [-0.05, 0) is 18.2 Å². The number of aliphatic hydroxyl groups excluding tert-OH is 1. The van der Waals surface area contributed by atoms with Gasteiger partial charge in [0.2, 0.25) is 0 Å². The van der Waals surface area contributed by atoms with E-state index in [4.69, 9.17) is 27.9 Å². The largest absolute Gasteiger partial charge is 0.483 e. The van der Waals surface area contributed by atoms with Crippen molar-refractivity contribution < 1.29 is 42.6 Å². The molecule has 6 N–H and O–H groups in total. The number of alkyl halides is 3. The summed E-state index contributed by atoms with van der Waals surface area (Å²) in [6.45, 7) is 1.48. The average Bonchev–Trinajstić information content (AvgIpc) is 3.59. The summed E-state index contributed by atoms with van der Waals surface area (Å²) in [6.07, 6.45) is 2.11. The maximum Gasteiger partial charge on any atom is 0.435 e. The predicted octanol–water partition coefficient (Wildman–Crippen LogP) is 1.24. The van der Waals surface area contributed by atoms with Gasteiger partial charge in [-0.25, -0.2) is 9.78 Å². The number of hydrogen-bond donors (Lipinski definition) is 6. The lowest BCUT2D eigenvalue weighted by Gasteiger charge is -2.24. The number of urea groups is 1. The molecular weight excluding hydrogens is 675 g/mol. The number of benzene rings is 1. The summed E-state index contributed by atoms with van der Waals surface area (Å²) in [5.74, 6) is 1.16. The highest BCUT2D eigenvalue weighted by Gasteiger charge is 2.57. The Morgan fingerprint density at radius 2 is 1.88 bits per heavy atom. The lowest BCUT2D eigenvalue weighted by Crippen LogP contribution is -2.49. The first kappa shape index (κ1) is 35.2. The van der Waals surface area contributed by atoms with Crippen LogP contribution in [0.2, 0.25) is 5.02 Å². The molecule has 1 aromatic carbocycles. The number of nitrogens with one attached hydrogen (secondary N) is 4. The van der Waals surface area contributed by atoms with Crippen molar-refractivity contribution in [3.63, 3.8) is 0 Å². The highest BCUT2D eigenvalue weighted by Crippen LogP contribution is 2.45. The molecule has 6 rings (SSSR count). The maximum absolute atomic E-state index is 13.6. The van der Waals surface area contributed by atoms with Crippen molar-refractivity contribution in [2.75, 3.05) is 31.5 Å². The van der Waals surface area contributed by atoms with Crippen molar-refractivity contribution in [1.82, 2.24) is 40.2 Å². The number of anilines is 1. The summed E-state index contributed by atoms with van der Waals surface area (Å²) in [7, 11) is 1.40. The molecule has 2 aliphatic heterocycles. The molecule has 1 saturated carbocycles. The molecule has 49 heavy (non-hydrogen) atoms. The zero-order valence-corrected chi connectivity index (χ0v) is 26.5. The van der Waals surface area contributed by atoms with Crippen LogP contribution in [0, 0.1) is 24.2 Å². The molecular formula is C30H31ClF3N9O6. The number of nitrogens with zero attached hydrogens (tertiary/aromatic N) is 5. The van der Waals surface area contributed by atoms with Gasteiger partial charge in [-0.1, -0.05) is 17.5 Å². The van der Waals surface area contributed by atoms with Crippen LogP contribution in [-0.2, 0) is 24.6 Å². The van der Waals surface area contributed by atoms with Gasteiger partial charge in [0.1, 0.15) is 6.54 Å². The molecule has 0 radical (unpaired) electrons. The Balaban J connectivity index is 0.00000151. The molecule has 0 spiro atoms. The van der Waals surface area contributed by atoms with Crippen molar-refractivity contribution in [3.8, 4) is 23.6 Å². The van der Waals surface area contributed by atoms with Crippen molar-refractivity contribution in [3.05, 3.63) is 52.7 Å². The number of piperidine rings is 1. The van der Waals surface area contributed by atoms with E-state index in [0.29, 0.717) is 26.2 Å². The van der Waals surface area contributed by atoms with Crippen LogP contribution >= 0.6 is 11.6 Å². The third-order valence-electron chi connectivity index (χ3n) is 8.49. The van der Waals surface area contributed by atoms with Gasteiger partial charge >= 0.3 is 12.2 Å². The molecule has 5 atom stereocenters. The fourth-order valence-corrected chi connectivity index (χ4v) is 6.29. The number of rotatable bonds is 7. The molecule has 3 fully saturated rings. The molecule has 2 aromatic heterocycles. The first-order chi connectivity index (χ1) is 23.3. The van der Waals surface area contributed by atoms with Crippen LogP contribution in [0.1, 0.15) is 26.7 Å². The fraction of sp³-hybridized carbons (Fsp3) is 0.400. The van der Waals surface area contributed by atoms with Gasteiger partial charge in [0.25, 0.3) is 18.3 Å². The van der Waals surface area contributed by atoms with Crippen molar-refractivity contribution in [1.29, 1.82) is 0 Å². The zero-order chi connectivity index (χ0) is 35.6. The van der Waals surface area contributed by atoms with Crippen LogP contribution in [0.4, 0.5) is 23.7 Å². The van der Waals surface area contributed by atoms with Gasteiger partial charge in [0.15, 0.2) is 11.5 Å². The number of terminal acetylenes is 1. The third kappa shape index (κ3) is 7.48. The van der Waals surface area contributed by atoms with Gasteiger partial charge in [-0.2, -0.15) is 18.3 Å². The van der Waals surface area contributed by atoms with Crippen LogP contribution in [0.3, 0.4) is 0 Å². The molecule has 3 aliphatic rings. The topological polar surface area (TPSA) is 196 Å². The highest BCUT2D eigenvalue weighted by molar-refractivity contribution is 6.34. The second-order valence-electron chi connectivity index (χ2n) is 11.6. The van der Waals surface area contributed by atoms with Crippen molar-refractivity contribution in [2.45, 2.75) is 30.9 Å². The van der Waals surface area contributed by atoms with E-state index in [1.807, 2.05) is 0 Å². The summed E-state index contributed by atoms with van der Waals surface area (Å²) in [4.78, 5) is 52.6. The summed E-state index contributed by atoms with van der Waals surface area (Å²) in [5, 5.41) is 31.8. The molecule has 4 heterocycles.